The van der Waals surface area contributed by atoms with E-state index in [4.69, 9.17) is 4.42 Å². The summed E-state index contributed by atoms with van der Waals surface area (Å²) >= 11 is 2.63. The largest absolute Gasteiger partial charge is 0.467 e. The van der Waals surface area contributed by atoms with Gasteiger partial charge in [-0.1, -0.05) is 23.1 Å². The van der Waals surface area contributed by atoms with Crippen molar-refractivity contribution in [1.29, 1.82) is 0 Å². The van der Waals surface area contributed by atoms with Gasteiger partial charge in [0.15, 0.2) is 4.34 Å². The van der Waals surface area contributed by atoms with Gasteiger partial charge in [-0.25, -0.2) is 0 Å². The number of hydrogen-bond donors (Lipinski definition) is 3. The molecule has 2 rings (SSSR count). The number of likely N-dealkylation sites (N-methyl/N-ethyl adjacent to an activating group) is 1. The van der Waals surface area contributed by atoms with E-state index in [0.717, 1.165) is 5.76 Å². The molecular formula is C13H17N5O3S2. The standard InChI is InChI=1S/C13H17N5O3S2/c1-2-14-10(19)7-15-11(20)8-22-13-18-17-12(23-13)16-6-9-4-3-5-21-9/h3-5H,2,6-8H2,1H3,(H,14,19)(H,15,20)(H,16,17). The van der Waals surface area contributed by atoms with E-state index in [-0.39, 0.29) is 24.1 Å². The highest BCUT2D eigenvalue weighted by Gasteiger charge is 2.09. The lowest BCUT2D eigenvalue weighted by atomic mass is 10.4. The van der Waals surface area contributed by atoms with Crippen LogP contribution in [0.5, 0.6) is 0 Å². The molecule has 8 nitrogen and oxygen atoms in total. The molecule has 0 spiro atoms. The van der Waals surface area contributed by atoms with Crippen LogP contribution in [0.25, 0.3) is 0 Å². The molecule has 0 bridgehead atoms. The number of hydrogen-bond acceptors (Lipinski definition) is 8. The summed E-state index contributed by atoms with van der Waals surface area (Å²) in [6.45, 7) is 2.88. The maximum absolute atomic E-state index is 11.6. The van der Waals surface area contributed by atoms with Crippen LogP contribution in [0.3, 0.4) is 0 Å². The van der Waals surface area contributed by atoms with Crippen LogP contribution in [0.4, 0.5) is 5.13 Å². The van der Waals surface area contributed by atoms with Crippen molar-refractivity contribution in [3.8, 4) is 0 Å². The lowest BCUT2D eigenvalue weighted by Crippen LogP contribution is -2.37. The second kappa shape index (κ2) is 9.16. The number of rotatable bonds is 9. The Kier molecular flexibility index (Phi) is 6.88. The minimum Gasteiger partial charge on any atom is -0.467 e. The molecule has 2 aromatic rings. The van der Waals surface area contributed by atoms with Crippen molar-refractivity contribution < 1.29 is 14.0 Å². The molecule has 2 heterocycles. The molecule has 0 radical (unpaired) electrons. The average molecular weight is 355 g/mol. The molecule has 0 unspecified atom stereocenters. The molecule has 23 heavy (non-hydrogen) atoms. The third kappa shape index (κ3) is 6.28. The molecule has 0 aromatic carbocycles. The predicted molar refractivity (Wildman–Crippen MR) is 88.4 cm³/mol. The number of aromatic nitrogens is 2. The third-order valence-corrected chi connectivity index (χ3v) is 4.56. The summed E-state index contributed by atoms with van der Waals surface area (Å²) in [5.41, 5.74) is 0. The van der Waals surface area contributed by atoms with Crippen LogP contribution in [0, 0.1) is 0 Å². The van der Waals surface area contributed by atoms with Crippen LogP contribution in [-0.4, -0.2) is 40.9 Å². The van der Waals surface area contributed by atoms with Gasteiger partial charge in [0.2, 0.25) is 16.9 Å². The van der Waals surface area contributed by atoms with Gasteiger partial charge in [0.05, 0.1) is 25.1 Å². The maximum atomic E-state index is 11.6. The molecule has 0 aliphatic rings. The Hall–Kier alpha value is -2.07. The van der Waals surface area contributed by atoms with Crippen LogP contribution in [-0.2, 0) is 16.1 Å². The number of nitrogens with one attached hydrogen (secondary N) is 3. The summed E-state index contributed by atoms with van der Waals surface area (Å²) < 4.78 is 5.89. The predicted octanol–water partition coefficient (Wildman–Crippen LogP) is 1.09. The van der Waals surface area contributed by atoms with Gasteiger partial charge < -0.3 is 20.4 Å². The molecule has 0 saturated heterocycles. The first-order chi connectivity index (χ1) is 11.2. The Balaban J connectivity index is 1.67. The summed E-state index contributed by atoms with van der Waals surface area (Å²) in [7, 11) is 0. The molecule has 0 saturated carbocycles. The normalized spacial score (nSPS) is 10.3. The molecular weight excluding hydrogens is 338 g/mol. The van der Waals surface area contributed by atoms with E-state index in [2.05, 4.69) is 26.1 Å². The van der Waals surface area contributed by atoms with E-state index in [1.54, 1.807) is 6.26 Å². The molecule has 124 valence electrons. The zero-order valence-electron chi connectivity index (χ0n) is 12.5. The monoisotopic (exact) mass is 355 g/mol. The van der Waals surface area contributed by atoms with Crippen LogP contribution >= 0.6 is 23.1 Å². The maximum Gasteiger partial charge on any atom is 0.239 e. The zero-order chi connectivity index (χ0) is 16.5. The van der Waals surface area contributed by atoms with Crippen LogP contribution < -0.4 is 16.0 Å². The van der Waals surface area contributed by atoms with Crippen LogP contribution in [0.15, 0.2) is 27.2 Å². The summed E-state index contributed by atoms with van der Waals surface area (Å²) in [6, 6.07) is 3.68. The Morgan fingerprint density at radius 3 is 2.91 bits per heavy atom. The SMILES string of the molecule is CCNC(=O)CNC(=O)CSc1nnc(NCc2ccco2)s1. The third-order valence-electron chi connectivity index (χ3n) is 2.55. The number of thioether (sulfide) groups is 1. The first kappa shape index (κ1) is 17.3. The van der Waals surface area contributed by atoms with E-state index in [1.165, 1.54) is 23.1 Å². The summed E-state index contributed by atoms with van der Waals surface area (Å²) in [4.78, 5) is 22.9. The van der Waals surface area contributed by atoms with Gasteiger partial charge in [0, 0.05) is 6.54 Å². The molecule has 0 fully saturated rings. The molecule has 2 aromatic heterocycles. The topological polar surface area (TPSA) is 109 Å². The zero-order valence-corrected chi connectivity index (χ0v) is 14.1. The van der Waals surface area contributed by atoms with E-state index >= 15 is 0 Å². The smallest absolute Gasteiger partial charge is 0.239 e. The number of carbonyl (C=O) groups excluding carboxylic acids is 2. The lowest BCUT2D eigenvalue weighted by molar-refractivity contribution is -0.124. The Morgan fingerprint density at radius 1 is 1.30 bits per heavy atom. The van der Waals surface area contributed by atoms with Crippen LogP contribution in [0.1, 0.15) is 12.7 Å². The molecule has 0 aliphatic heterocycles. The van der Waals surface area contributed by atoms with Crippen molar-refractivity contribution in [2.24, 2.45) is 0 Å². The molecule has 3 N–H and O–H groups in total. The van der Waals surface area contributed by atoms with Crippen molar-refractivity contribution in [3.63, 3.8) is 0 Å². The van der Waals surface area contributed by atoms with Gasteiger partial charge in [-0.3, -0.25) is 9.59 Å². The number of carbonyl (C=O) groups is 2. The van der Waals surface area contributed by atoms with Crippen molar-refractivity contribution >= 4 is 40.0 Å². The minimum absolute atomic E-state index is 0.0146. The first-order valence-electron chi connectivity index (χ1n) is 6.93. The fourth-order valence-corrected chi connectivity index (χ4v) is 3.11. The van der Waals surface area contributed by atoms with Crippen molar-refractivity contribution in [1.82, 2.24) is 20.8 Å². The van der Waals surface area contributed by atoms with Gasteiger partial charge in [0.25, 0.3) is 0 Å². The number of anilines is 1. The van der Waals surface area contributed by atoms with E-state index in [9.17, 15) is 9.59 Å². The second-order valence-electron chi connectivity index (χ2n) is 4.32. The Morgan fingerprint density at radius 2 is 2.17 bits per heavy atom. The van der Waals surface area contributed by atoms with Gasteiger partial charge in [-0.05, 0) is 19.1 Å². The number of nitrogens with zero attached hydrogens (tertiary/aromatic N) is 2. The highest BCUT2D eigenvalue weighted by molar-refractivity contribution is 8.01. The van der Waals surface area contributed by atoms with Gasteiger partial charge >= 0.3 is 0 Å². The molecule has 2 amide bonds. The van der Waals surface area contributed by atoms with Crippen molar-refractivity contribution in [2.75, 3.05) is 24.2 Å². The van der Waals surface area contributed by atoms with Gasteiger partial charge in [-0.15, -0.1) is 10.2 Å². The Labute approximate surface area is 141 Å². The molecule has 0 atom stereocenters. The molecule has 10 heteroatoms. The van der Waals surface area contributed by atoms with E-state index in [0.29, 0.717) is 22.6 Å². The summed E-state index contributed by atoms with van der Waals surface area (Å²) in [5.74, 6) is 0.568. The Bertz CT molecular complexity index is 629. The molecule has 0 aliphatic carbocycles. The van der Waals surface area contributed by atoms with Crippen LogP contribution in [0.2, 0.25) is 0 Å². The van der Waals surface area contributed by atoms with E-state index < -0.39 is 0 Å². The number of amides is 2. The number of furan rings is 1. The minimum atomic E-state index is -0.221. The lowest BCUT2D eigenvalue weighted by Gasteiger charge is -2.03. The van der Waals surface area contributed by atoms with Gasteiger partial charge in [-0.2, -0.15) is 0 Å². The highest BCUT2D eigenvalue weighted by Crippen LogP contribution is 2.25. The first-order valence-corrected chi connectivity index (χ1v) is 8.73. The summed E-state index contributed by atoms with van der Waals surface area (Å²) in [5, 5.41) is 16.9. The van der Waals surface area contributed by atoms with Crippen molar-refractivity contribution in [3.05, 3.63) is 24.2 Å². The highest BCUT2D eigenvalue weighted by atomic mass is 32.2. The van der Waals surface area contributed by atoms with Crippen molar-refractivity contribution in [2.45, 2.75) is 17.8 Å². The fraction of sp³-hybridized carbons (Fsp3) is 0.385. The quantitative estimate of drug-likeness (QED) is 0.578. The second-order valence-corrected chi connectivity index (χ2v) is 6.52. The fourth-order valence-electron chi connectivity index (χ4n) is 1.53. The summed E-state index contributed by atoms with van der Waals surface area (Å²) in [6.07, 6.45) is 1.61. The van der Waals surface area contributed by atoms with Gasteiger partial charge in [0.1, 0.15) is 5.76 Å². The van der Waals surface area contributed by atoms with E-state index in [1.807, 2.05) is 19.1 Å². The average Bonchev–Trinajstić information content (AvgIpc) is 3.20.